The largest absolute Gasteiger partial charge is 0.504 e. The summed E-state index contributed by atoms with van der Waals surface area (Å²) in [5.74, 6) is -4.39. The average Bonchev–Trinajstić information content (AvgIpc) is 3.50. The van der Waals surface area contributed by atoms with Gasteiger partial charge < -0.3 is 9.84 Å². The van der Waals surface area contributed by atoms with E-state index < -0.39 is 46.8 Å². The number of methoxy groups -OCH3 is 1. The van der Waals surface area contributed by atoms with Gasteiger partial charge in [-0.1, -0.05) is 96.1 Å². The lowest BCUT2D eigenvalue weighted by molar-refractivity contribution is -0.142. The Labute approximate surface area is 290 Å². The van der Waals surface area contributed by atoms with Gasteiger partial charge in [0, 0.05) is 5.92 Å². The Morgan fingerprint density at radius 2 is 1.54 bits per heavy atom. The van der Waals surface area contributed by atoms with Crippen LogP contribution in [0.15, 0.2) is 115 Å². The minimum Gasteiger partial charge on any atom is -0.504 e. The lowest BCUT2D eigenvalue weighted by Crippen LogP contribution is -2.53. The van der Waals surface area contributed by atoms with E-state index in [0.717, 1.165) is 21.7 Å². The van der Waals surface area contributed by atoms with Crippen molar-refractivity contribution in [2.75, 3.05) is 12.5 Å². The maximum Gasteiger partial charge on any atom is 0.260 e. The minimum atomic E-state index is -1.40. The van der Waals surface area contributed by atoms with Crippen LogP contribution in [0.3, 0.4) is 0 Å². The number of aryl methyl sites for hydroxylation is 1. The minimum absolute atomic E-state index is 0.0591. The Morgan fingerprint density at radius 1 is 0.840 bits per heavy atom. The van der Waals surface area contributed by atoms with Crippen LogP contribution in [0.1, 0.15) is 41.0 Å². The highest BCUT2D eigenvalue weighted by Gasteiger charge is 2.70. The third-order valence-corrected chi connectivity index (χ3v) is 11.2. The number of allylic oxidation sites excluding steroid dienone is 2. The van der Waals surface area contributed by atoms with Gasteiger partial charge >= 0.3 is 0 Å². The fourth-order valence-corrected chi connectivity index (χ4v) is 8.98. The zero-order chi connectivity index (χ0) is 34.7. The second kappa shape index (κ2) is 12.0. The van der Waals surface area contributed by atoms with Gasteiger partial charge in [0.1, 0.15) is 0 Å². The van der Waals surface area contributed by atoms with E-state index in [9.17, 15) is 19.5 Å². The summed E-state index contributed by atoms with van der Waals surface area (Å²) in [6, 6.07) is 31.3. The van der Waals surface area contributed by atoms with E-state index >= 15 is 4.79 Å². The number of nitrogens with zero attached hydrogens (tertiary/aromatic N) is 2. The fraction of sp³-hybridized carbons (Fsp3) is 0.268. The first kappa shape index (κ1) is 31.6. The number of rotatable bonds is 7. The molecule has 9 heteroatoms. The second-order valence-corrected chi connectivity index (χ2v) is 13.8. The first-order chi connectivity index (χ1) is 24.2. The Bertz CT molecular complexity index is 2050. The molecule has 0 radical (unpaired) electrons. The standard InChI is InChI=1S/C41H37N3O6/c1-24-13-16-28(17-14-24)42-44-38(47)32-22-31-29(18-19-30-35(31)39(48)43(37(30)46)23-25-9-5-3-6-10-25)36(26-15-20-33(45)34(21-26)50-2)41(32,40(44)49)27-11-7-4-8-12-27/h3-18,20-21,30-32,35-36,42,45H,19,22-23H2,1-2H3. The molecule has 0 bridgehead atoms. The Morgan fingerprint density at radius 3 is 2.24 bits per heavy atom. The third-order valence-electron chi connectivity index (χ3n) is 11.2. The van der Waals surface area contributed by atoms with Crippen LogP contribution in [0, 0.1) is 30.6 Å². The Hall–Kier alpha value is -5.70. The molecule has 4 aromatic carbocycles. The van der Waals surface area contributed by atoms with Crippen molar-refractivity contribution >= 4 is 29.3 Å². The molecule has 2 aliphatic heterocycles. The molecule has 50 heavy (non-hydrogen) atoms. The van der Waals surface area contributed by atoms with E-state index in [4.69, 9.17) is 4.74 Å². The molecule has 4 aliphatic rings. The molecule has 252 valence electrons. The predicted molar refractivity (Wildman–Crippen MR) is 185 cm³/mol. The molecular formula is C41H37N3O6. The molecule has 4 aromatic rings. The van der Waals surface area contributed by atoms with Crippen LogP contribution >= 0.6 is 0 Å². The molecule has 9 nitrogen and oxygen atoms in total. The van der Waals surface area contributed by atoms with E-state index in [0.29, 0.717) is 23.2 Å². The number of fused-ring (bicyclic) bond motifs is 4. The molecule has 0 aromatic heterocycles. The highest BCUT2D eigenvalue weighted by Crippen LogP contribution is 2.64. The van der Waals surface area contributed by atoms with Gasteiger partial charge in [-0.2, -0.15) is 5.01 Å². The summed E-state index contributed by atoms with van der Waals surface area (Å²) in [6.45, 7) is 2.14. The van der Waals surface area contributed by atoms with Crippen molar-refractivity contribution in [2.45, 2.75) is 37.6 Å². The molecule has 2 saturated heterocycles. The SMILES string of the molecule is COc1cc(C2C3=CCC4C(=O)N(Cc5ccccc5)C(=O)C4C3CC3C(=O)N(Nc4ccc(C)cc4)C(=O)C32c2ccccc2)ccc1O. The summed E-state index contributed by atoms with van der Waals surface area (Å²) in [6.07, 6.45) is 2.57. The van der Waals surface area contributed by atoms with Crippen LogP contribution < -0.4 is 10.2 Å². The van der Waals surface area contributed by atoms with Crippen molar-refractivity contribution in [1.29, 1.82) is 0 Å². The summed E-state index contributed by atoms with van der Waals surface area (Å²) >= 11 is 0. The number of hydrogen-bond acceptors (Lipinski definition) is 7. The van der Waals surface area contributed by atoms with Crippen LogP contribution in [0.25, 0.3) is 0 Å². The van der Waals surface area contributed by atoms with E-state index in [-0.39, 0.29) is 36.3 Å². The number of hydrogen-bond donors (Lipinski definition) is 2. The van der Waals surface area contributed by atoms with E-state index in [1.807, 2.05) is 97.9 Å². The maximum atomic E-state index is 15.2. The van der Waals surface area contributed by atoms with Gasteiger partial charge in [0.05, 0.1) is 42.5 Å². The molecule has 6 unspecified atom stereocenters. The molecule has 2 N–H and O–H groups in total. The number of likely N-dealkylation sites (tertiary alicyclic amines) is 1. The highest BCUT2D eigenvalue weighted by atomic mass is 16.5. The molecule has 6 atom stereocenters. The quantitative estimate of drug-likeness (QED) is 0.186. The number of phenols is 1. The van der Waals surface area contributed by atoms with Crippen LogP contribution in [0.4, 0.5) is 5.69 Å². The van der Waals surface area contributed by atoms with Gasteiger partial charge in [-0.15, -0.1) is 0 Å². The van der Waals surface area contributed by atoms with Crippen molar-refractivity contribution in [3.05, 3.63) is 137 Å². The molecule has 1 saturated carbocycles. The molecule has 3 fully saturated rings. The number of hydrazine groups is 1. The molecular weight excluding hydrogens is 630 g/mol. The average molecular weight is 668 g/mol. The zero-order valence-electron chi connectivity index (χ0n) is 27.8. The van der Waals surface area contributed by atoms with Gasteiger partial charge in [-0.05, 0) is 66.6 Å². The van der Waals surface area contributed by atoms with E-state index in [2.05, 4.69) is 5.43 Å². The number of carbonyl (C=O) groups is 4. The first-order valence-corrected chi connectivity index (χ1v) is 17.0. The number of benzene rings is 4. The number of ether oxygens (including phenoxy) is 1. The Balaban J connectivity index is 1.30. The number of carbonyl (C=O) groups excluding carboxylic acids is 4. The number of phenolic OH excluding ortho intramolecular Hbond substituents is 1. The number of aromatic hydroxyl groups is 1. The topological polar surface area (TPSA) is 116 Å². The number of nitrogens with one attached hydrogen (secondary N) is 1. The van der Waals surface area contributed by atoms with Gasteiger partial charge in [-0.25, -0.2) is 0 Å². The normalized spacial score (nSPS) is 27.1. The van der Waals surface area contributed by atoms with Gasteiger partial charge in [-0.3, -0.25) is 29.5 Å². The monoisotopic (exact) mass is 667 g/mol. The fourth-order valence-electron chi connectivity index (χ4n) is 8.98. The van der Waals surface area contributed by atoms with E-state index in [1.54, 1.807) is 12.1 Å². The summed E-state index contributed by atoms with van der Waals surface area (Å²) in [5.41, 5.74) is 6.39. The van der Waals surface area contributed by atoms with Crippen LogP contribution in [0.2, 0.25) is 0 Å². The van der Waals surface area contributed by atoms with Crippen molar-refractivity contribution in [3.8, 4) is 11.5 Å². The van der Waals surface area contributed by atoms with Crippen molar-refractivity contribution in [3.63, 3.8) is 0 Å². The van der Waals surface area contributed by atoms with Gasteiger partial charge in [0.15, 0.2) is 11.5 Å². The van der Waals surface area contributed by atoms with E-state index in [1.165, 1.54) is 18.1 Å². The van der Waals surface area contributed by atoms with Crippen molar-refractivity contribution in [1.82, 2.24) is 9.91 Å². The number of anilines is 1. The summed E-state index contributed by atoms with van der Waals surface area (Å²) in [5, 5.41) is 11.8. The summed E-state index contributed by atoms with van der Waals surface area (Å²) in [4.78, 5) is 59.6. The Kier molecular flexibility index (Phi) is 7.58. The molecule has 4 amide bonds. The first-order valence-electron chi connectivity index (χ1n) is 17.0. The zero-order valence-corrected chi connectivity index (χ0v) is 27.8. The summed E-state index contributed by atoms with van der Waals surface area (Å²) in [7, 11) is 1.46. The molecule has 2 heterocycles. The highest BCUT2D eigenvalue weighted by molar-refractivity contribution is 6.13. The van der Waals surface area contributed by atoms with Gasteiger partial charge in [0.2, 0.25) is 11.8 Å². The lowest BCUT2D eigenvalue weighted by Gasteiger charge is -2.50. The number of amides is 4. The van der Waals surface area contributed by atoms with Crippen molar-refractivity contribution in [2.24, 2.45) is 23.7 Å². The van der Waals surface area contributed by atoms with Gasteiger partial charge in [0.25, 0.3) is 11.8 Å². The number of imide groups is 2. The third kappa shape index (κ3) is 4.67. The molecule has 8 rings (SSSR count). The maximum absolute atomic E-state index is 15.2. The molecule has 0 spiro atoms. The second-order valence-electron chi connectivity index (χ2n) is 13.8. The smallest absolute Gasteiger partial charge is 0.260 e. The molecule has 2 aliphatic carbocycles. The van der Waals surface area contributed by atoms with Crippen LogP contribution in [-0.4, -0.2) is 45.8 Å². The predicted octanol–water partition coefficient (Wildman–Crippen LogP) is 5.89. The van der Waals surface area contributed by atoms with Crippen molar-refractivity contribution < 1.29 is 29.0 Å². The van der Waals surface area contributed by atoms with Crippen LogP contribution in [-0.2, 0) is 31.1 Å². The summed E-state index contributed by atoms with van der Waals surface area (Å²) < 4.78 is 5.54. The lowest BCUT2D eigenvalue weighted by atomic mass is 9.49. The van der Waals surface area contributed by atoms with Crippen LogP contribution in [0.5, 0.6) is 11.5 Å².